The molecule has 0 unspecified atom stereocenters. The van der Waals surface area contributed by atoms with Crippen LogP contribution in [-0.4, -0.2) is 28.3 Å². The molecule has 0 bridgehead atoms. The standard InChI is InChI=1S/C22H19ClN4O3S2/c1-2-12-3-7-14(8-4-12)24-21-25-19(29)17(32-21)11-16-18(28)26-22(31)27(20(16)30)15-9-5-13(23)6-10-15/h3-11,16,21,24H,2H2,1H3,(H,25,29)(H,26,28,31)/b17-11-/t16-,21-/m1/s1. The number of thioether (sulfide) groups is 1. The third-order valence-electron chi connectivity index (χ3n) is 5.00. The zero-order valence-electron chi connectivity index (χ0n) is 16.9. The lowest BCUT2D eigenvalue weighted by atomic mass is 10.0. The molecule has 3 amide bonds. The molecule has 2 aliphatic rings. The summed E-state index contributed by atoms with van der Waals surface area (Å²) in [5, 5.41) is 9.05. The van der Waals surface area contributed by atoms with Crippen LogP contribution in [0.25, 0.3) is 0 Å². The van der Waals surface area contributed by atoms with Crippen LogP contribution < -0.4 is 20.9 Å². The number of hydrogen-bond donors (Lipinski definition) is 3. The number of rotatable bonds is 5. The number of aryl methyl sites for hydroxylation is 1. The summed E-state index contributed by atoms with van der Waals surface area (Å²) in [4.78, 5) is 39.6. The summed E-state index contributed by atoms with van der Waals surface area (Å²) in [7, 11) is 0. The molecule has 10 heteroatoms. The summed E-state index contributed by atoms with van der Waals surface area (Å²) < 4.78 is 0. The molecule has 2 heterocycles. The monoisotopic (exact) mass is 486 g/mol. The fraction of sp³-hybridized carbons (Fsp3) is 0.182. The highest BCUT2D eigenvalue weighted by Crippen LogP contribution is 2.31. The molecule has 2 atom stereocenters. The first kappa shape index (κ1) is 22.3. The Morgan fingerprint density at radius 2 is 1.81 bits per heavy atom. The minimum absolute atomic E-state index is 0.0180. The number of halogens is 1. The first-order valence-corrected chi connectivity index (χ1v) is 11.5. The highest BCUT2D eigenvalue weighted by atomic mass is 35.5. The maximum Gasteiger partial charge on any atom is 0.259 e. The van der Waals surface area contributed by atoms with Gasteiger partial charge in [0.05, 0.1) is 10.6 Å². The number of carbonyl (C=O) groups is 3. The minimum Gasteiger partial charge on any atom is -0.357 e. The molecule has 3 N–H and O–H groups in total. The van der Waals surface area contributed by atoms with Gasteiger partial charge in [0.1, 0.15) is 5.92 Å². The van der Waals surface area contributed by atoms with Crippen molar-refractivity contribution in [2.24, 2.45) is 5.92 Å². The van der Waals surface area contributed by atoms with Gasteiger partial charge < -0.3 is 16.0 Å². The first-order chi connectivity index (χ1) is 15.4. The molecule has 32 heavy (non-hydrogen) atoms. The molecular weight excluding hydrogens is 468 g/mol. The predicted octanol–water partition coefficient (Wildman–Crippen LogP) is 3.41. The number of anilines is 2. The first-order valence-electron chi connectivity index (χ1n) is 9.85. The van der Waals surface area contributed by atoms with Crippen LogP contribution >= 0.6 is 35.6 Å². The number of amides is 3. The van der Waals surface area contributed by atoms with Crippen molar-refractivity contribution < 1.29 is 14.4 Å². The quantitative estimate of drug-likeness (QED) is 0.341. The van der Waals surface area contributed by atoms with Gasteiger partial charge in [-0.25, -0.2) is 0 Å². The molecule has 0 saturated carbocycles. The van der Waals surface area contributed by atoms with Crippen molar-refractivity contribution in [1.82, 2.24) is 10.6 Å². The molecule has 0 aromatic heterocycles. The molecule has 7 nitrogen and oxygen atoms in total. The van der Waals surface area contributed by atoms with Crippen molar-refractivity contribution in [2.75, 3.05) is 10.2 Å². The zero-order valence-corrected chi connectivity index (χ0v) is 19.3. The summed E-state index contributed by atoms with van der Waals surface area (Å²) in [6.07, 6.45) is 2.32. The molecule has 2 aromatic rings. The van der Waals surface area contributed by atoms with E-state index in [1.54, 1.807) is 24.3 Å². The van der Waals surface area contributed by atoms with E-state index in [-0.39, 0.29) is 15.9 Å². The van der Waals surface area contributed by atoms with Crippen LogP contribution in [0.1, 0.15) is 12.5 Å². The zero-order chi connectivity index (χ0) is 22.8. The van der Waals surface area contributed by atoms with Crippen LogP contribution in [0, 0.1) is 5.92 Å². The molecule has 4 rings (SSSR count). The van der Waals surface area contributed by atoms with Crippen LogP contribution in [0.15, 0.2) is 59.5 Å². The third-order valence-corrected chi connectivity index (χ3v) is 6.58. The van der Waals surface area contributed by atoms with Gasteiger partial charge in [0.2, 0.25) is 11.8 Å². The lowest BCUT2D eigenvalue weighted by molar-refractivity contribution is -0.131. The van der Waals surface area contributed by atoms with Gasteiger partial charge in [-0.2, -0.15) is 0 Å². The SMILES string of the molecule is CCc1ccc(N[C@@H]2NC(=O)/C(=C/[C@@H]3C(=O)NC(=S)N(c4ccc(Cl)cc4)C3=O)S2)cc1. The van der Waals surface area contributed by atoms with Crippen molar-refractivity contribution in [3.05, 3.63) is 70.1 Å². The van der Waals surface area contributed by atoms with Crippen LogP contribution in [0.3, 0.4) is 0 Å². The number of carbonyl (C=O) groups excluding carboxylic acids is 3. The van der Waals surface area contributed by atoms with E-state index in [9.17, 15) is 14.4 Å². The Morgan fingerprint density at radius 1 is 1.12 bits per heavy atom. The number of hydrogen-bond acceptors (Lipinski definition) is 6. The van der Waals surface area contributed by atoms with E-state index in [2.05, 4.69) is 22.9 Å². The van der Waals surface area contributed by atoms with Crippen LogP contribution in [0.4, 0.5) is 11.4 Å². The fourth-order valence-corrected chi connectivity index (χ4v) is 4.71. The molecule has 0 radical (unpaired) electrons. The summed E-state index contributed by atoms with van der Waals surface area (Å²) in [5.41, 5.74) is 2.12. The van der Waals surface area contributed by atoms with Gasteiger partial charge in [-0.05, 0) is 66.7 Å². The van der Waals surface area contributed by atoms with Gasteiger partial charge in [-0.1, -0.05) is 42.4 Å². The predicted molar refractivity (Wildman–Crippen MR) is 130 cm³/mol. The maximum absolute atomic E-state index is 13.1. The van der Waals surface area contributed by atoms with Crippen molar-refractivity contribution >= 4 is 69.8 Å². The second kappa shape index (κ2) is 9.32. The Kier molecular flexibility index (Phi) is 6.50. The highest BCUT2D eigenvalue weighted by molar-refractivity contribution is 8.05. The van der Waals surface area contributed by atoms with Gasteiger partial charge in [0.25, 0.3) is 5.91 Å². The second-order valence-corrected chi connectivity index (χ2v) is 9.09. The van der Waals surface area contributed by atoms with Crippen LogP contribution in [0.2, 0.25) is 5.02 Å². The molecule has 164 valence electrons. The molecule has 2 fully saturated rings. The van der Waals surface area contributed by atoms with E-state index < -0.39 is 23.2 Å². The highest BCUT2D eigenvalue weighted by Gasteiger charge is 2.40. The van der Waals surface area contributed by atoms with Crippen LogP contribution in [-0.2, 0) is 20.8 Å². The van der Waals surface area contributed by atoms with E-state index in [4.69, 9.17) is 23.8 Å². The molecule has 0 spiro atoms. The second-order valence-electron chi connectivity index (χ2n) is 7.12. The van der Waals surface area contributed by atoms with Gasteiger partial charge in [0, 0.05) is 10.7 Å². The molecule has 0 aliphatic carbocycles. The average Bonchev–Trinajstić information content (AvgIpc) is 3.11. The summed E-state index contributed by atoms with van der Waals surface area (Å²) in [6, 6.07) is 14.4. The Hall–Kier alpha value is -2.88. The fourth-order valence-electron chi connectivity index (χ4n) is 3.29. The van der Waals surface area contributed by atoms with E-state index in [1.165, 1.54) is 28.3 Å². The summed E-state index contributed by atoms with van der Waals surface area (Å²) >= 11 is 12.3. The molecule has 2 aliphatic heterocycles. The van der Waals surface area contributed by atoms with E-state index in [0.29, 0.717) is 10.7 Å². The number of nitrogens with one attached hydrogen (secondary N) is 3. The number of nitrogens with zero attached hydrogens (tertiary/aromatic N) is 1. The normalized spacial score (nSPS) is 22.2. The summed E-state index contributed by atoms with van der Waals surface area (Å²) in [6.45, 7) is 2.08. The van der Waals surface area contributed by atoms with Crippen LogP contribution in [0.5, 0.6) is 0 Å². The third kappa shape index (κ3) is 4.64. The maximum atomic E-state index is 13.1. The van der Waals surface area contributed by atoms with Gasteiger partial charge in [0.15, 0.2) is 10.6 Å². The Labute approximate surface area is 199 Å². The minimum atomic E-state index is -1.19. The van der Waals surface area contributed by atoms with Crippen molar-refractivity contribution in [1.29, 1.82) is 0 Å². The lowest BCUT2D eigenvalue weighted by Gasteiger charge is -2.31. The number of thiocarbonyl (C=S) groups is 1. The average molecular weight is 487 g/mol. The Balaban J connectivity index is 1.51. The van der Waals surface area contributed by atoms with E-state index in [1.807, 2.05) is 24.3 Å². The smallest absolute Gasteiger partial charge is 0.259 e. The number of benzene rings is 2. The largest absolute Gasteiger partial charge is 0.357 e. The van der Waals surface area contributed by atoms with Crippen molar-refractivity contribution in [3.8, 4) is 0 Å². The molecular formula is C22H19ClN4O3S2. The molecule has 2 saturated heterocycles. The van der Waals surface area contributed by atoms with Gasteiger partial charge >= 0.3 is 0 Å². The Bertz CT molecular complexity index is 1120. The van der Waals surface area contributed by atoms with Gasteiger partial charge in [-0.3, -0.25) is 19.3 Å². The molecule has 2 aromatic carbocycles. The Morgan fingerprint density at radius 3 is 2.47 bits per heavy atom. The summed E-state index contributed by atoms with van der Waals surface area (Å²) in [5.74, 6) is -2.65. The van der Waals surface area contributed by atoms with E-state index in [0.717, 1.165) is 12.1 Å². The van der Waals surface area contributed by atoms with Crippen molar-refractivity contribution in [3.63, 3.8) is 0 Å². The lowest BCUT2D eigenvalue weighted by Crippen LogP contribution is -2.57. The van der Waals surface area contributed by atoms with E-state index >= 15 is 0 Å². The topological polar surface area (TPSA) is 90.5 Å². The van der Waals surface area contributed by atoms with Crippen molar-refractivity contribution in [2.45, 2.75) is 18.8 Å². The van der Waals surface area contributed by atoms with Gasteiger partial charge in [-0.15, -0.1) is 0 Å².